The van der Waals surface area contributed by atoms with E-state index in [2.05, 4.69) is 0 Å². The van der Waals surface area contributed by atoms with Crippen LogP contribution < -0.4 is 0 Å². The number of benzene rings is 1. The van der Waals surface area contributed by atoms with E-state index in [1.54, 1.807) is 12.1 Å². The summed E-state index contributed by atoms with van der Waals surface area (Å²) in [7, 11) is 1.92. The summed E-state index contributed by atoms with van der Waals surface area (Å²) in [6, 6.07) is 6.17. The highest BCUT2D eigenvalue weighted by molar-refractivity contribution is 5.26. The molecular formula is C10H12FNO. The molecule has 2 rings (SSSR count). The number of nitrogens with zero attached hydrogens (tertiary/aromatic N) is 1. The summed E-state index contributed by atoms with van der Waals surface area (Å²) in [5.41, 5.74) is -0.165. The zero-order chi connectivity index (χ0) is 9.47. The molecule has 1 N–H and O–H groups in total. The van der Waals surface area contributed by atoms with Gasteiger partial charge >= 0.3 is 0 Å². The number of likely N-dealkylation sites (N-methyl/N-ethyl adjacent to an activating group) is 1. The Labute approximate surface area is 76.6 Å². The highest BCUT2D eigenvalue weighted by Gasteiger charge is 2.40. The van der Waals surface area contributed by atoms with Crippen molar-refractivity contribution in [1.29, 1.82) is 0 Å². The van der Waals surface area contributed by atoms with E-state index in [-0.39, 0.29) is 5.82 Å². The second kappa shape index (κ2) is 2.79. The molecule has 0 atom stereocenters. The van der Waals surface area contributed by atoms with E-state index in [1.165, 1.54) is 12.1 Å². The summed E-state index contributed by atoms with van der Waals surface area (Å²) in [5.74, 6) is -0.291. The Hall–Kier alpha value is -0.930. The van der Waals surface area contributed by atoms with Gasteiger partial charge in [0.25, 0.3) is 0 Å². The van der Waals surface area contributed by atoms with Crippen molar-refractivity contribution in [1.82, 2.24) is 4.90 Å². The Bertz CT molecular complexity index is 320. The van der Waals surface area contributed by atoms with Crippen LogP contribution in [0.15, 0.2) is 24.3 Å². The van der Waals surface area contributed by atoms with Crippen LogP contribution in [-0.4, -0.2) is 30.1 Å². The molecule has 1 heterocycles. The van der Waals surface area contributed by atoms with Crippen molar-refractivity contribution in [2.75, 3.05) is 20.1 Å². The van der Waals surface area contributed by atoms with E-state index in [9.17, 15) is 9.50 Å². The molecule has 0 amide bonds. The number of likely N-dealkylation sites (tertiary alicyclic amines) is 1. The summed E-state index contributed by atoms with van der Waals surface area (Å²) < 4.78 is 12.8. The lowest BCUT2D eigenvalue weighted by Crippen LogP contribution is -2.57. The predicted molar refractivity (Wildman–Crippen MR) is 47.8 cm³/mol. The SMILES string of the molecule is CN1CC(O)(c2cccc(F)c2)C1. The summed E-state index contributed by atoms with van der Waals surface area (Å²) >= 11 is 0. The van der Waals surface area contributed by atoms with Crippen LogP contribution in [0.5, 0.6) is 0 Å². The Morgan fingerprint density at radius 2 is 2.15 bits per heavy atom. The van der Waals surface area contributed by atoms with Gasteiger partial charge in [-0.3, -0.25) is 4.90 Å². The molecule has 13 heavy (non-hydrogen) atoms. The molecule has 1 aliphatic heterocycles. The molecule has 0 bridgehead atoms. The van der Waals surface area contributed by atoms with Gasteiger partial charge in [-0.25, -0.2) is 4.39 Å². The normalized spacial score (nSPS) is 21.2. The first-order chi connectivity index (χ1) is 6.10. The average Bonchev–Trinajstić information content (AvgIpc) is 2.02. The molecule has 0 unspecified atom stereocenters. The van der Waals surface area contributed by atoms with Gasteiger partial charge < -0.3 is 5.11 Å². The second-order valence-electron chi connectivity index (χ2n) is 3.71. The van der Waals surface area contributed by atoms with Crippen LogP contribution in [0.2, 0.25) is 0 Å². The minimum absolute atomic E-state index is 0.291. The van der Waals surface area contributed by atoms with Crippen LogP contribution in [-0.2, 0) is 5.60 Å². The monoisotopic (exact) mass is 181 g/mol. The Morgan fingerprint density at radius 3 is 2.69 bits per heavy atom. The highest BCUT2D eigenvalue weighted by Crippen LogP contribution is 2.30. The molecule has 1 aliphatic rings. The minimum atomic E-state index is -0.836. The van der Waals surface area contributed by atoms with E-state index in [0.29, 0.717) is 18.7 Å². The average molecular weight is 181 g/mol. The first kappa shape index (κ1) is 8.66. The summed E-state index contributed by atoms with van der Waals surface area (Å²) in [6.45, 7) is 1.16. The molecule has 1 fully saturated rings. The van der Waals surface area contributed by atoms with E-state index in [4.69, 9.17) is 0 Å². The van der Waals surface area contributed by atoms with Crippen molar-refractivity contribution >= 4 is 0 Å². The first-order valence-corrected chi connectivity index (χ1v) is 4.27. The first-order valence-electron chi connectivity index (χ1n) is 4.27. The van der Waals surface area contributed by atoms with E-state index < -0.39 is 5.60 Å². The lowest BCUT2D eigenvalue weighted by molar-refractivity contribution is -0.0920. The minimum Gasteiger partial charge on any atom is -0.382 e. The van der Waals surface area contributed by atoms with Crippen molar-refractivity contribution < 1.29 is 9.50 Å². The molecule has 70 valence electrons. The molecule has 0 spiro atoms. The number of aliphatic hydroxyl groups is 1. The van der Waals surface area contributed by atoms with Crippen LogP contribution in [0.1, 0.15) is 5.56 Å². The number of rotatable bonds is 1. The van der Waals surface area contributed by atoms with Gasteiger partial charge in [0.15, 0.2) is 0 Å². The molecule has 2 nitrogen and oxygen atoms in total. The maximum absolute atomic E-state index is 12.8. The number of hydrogen-bond acceptors (Lipinski definition) is 2. The molecule has 0 aliphatic carbocycles. The van der Waals surface area contributed by atoms with Gasteiger partial charge in [-0.15, -0.1) is 0 Å². The maximum Gasteiger partial charge on any atom is 0.123 e. The van der Waals surface area contributed by atoms with E-state index in [1.807, 2.05) is 11.9 Å². The van der Waals surface area contributed by atoms with Crippen LogP contribution in [0, 0.1) is 5.82 Å². The van der Waals surface area contributed by atoms with Crippen molar-refractivity contribution in [2.45, 2.75) is 5.60 Å². The summed E-state index contributed by atoms with van der Waals surface area (Å²) in [6.07, 6.45) is 0. The van der Waals surface area contributed by atoms with Gasteiger partial charge in [0.1, 0.15) is 11.4 Å². The van der Waals surface area contributed by atoms with Crippen LogP contribution in [0.25, 0.3) is 0 Å². The summed E-state index contributed by atoms with van der Waals surface area (Å²) in [4.78, 5) is 1.99. The Morgan fingerprint density at radius 1 is 1.46 bits per heavy atom. The van der Waals surface area contributed by atoms with Gasteiger partial charge in [0.05, 0.1) is 0 Å². The molecule has 0 saturated carbocycles. The third-order valence-electron chi connectivity index (χ3n) is 2.42. The maximum atomic E-state index is 12.8. The van der Waals surface area contributed by atoms with Gasteiger partial charge in [-0.05, 0) is 24.7 Å². The molecular weight excluding hydrogens is 169 g/mol. The van der Waals surface area contributed by atoms with Crippen molar-refractivity contribution in [3.05, 3.63) is 35.6 Å². The van der Waals surface area contributed by atoms with Gasteiger partial charge in [0, 0.05) is 13.1 Å². The van der Waals surface area contributed by atoms with Crippen LogP contribution >= 0.6 is 0 Å². The molecule has 1 aromatic rings. The predicted octanol–water partition coefficient (Wildman–Crippen LogP) is 0.959. The third-order valence-corrected chi connectivity index (χ3v) is 2.42. The smallest absolute Gasteiger partial charge is 0.123 e. The molecule has 0 radical (unpaired) electrons. The standard InChI is InChI=1S/C10H12FNO/c1-12-6-10(13,7-12)8-3-2-4-9(11)5-8/h2-5,13H,6-7H2,1H3. The quantitative estimate of drug-likeness (QED) is 0.697. The zero-order valence-corrected chi connectivity index (χ0v) is 7.50. The van der Waals surface area contributed by atoms with Crippen molar-refractivity contribution in [3.8, 4) is 0 Å². The molecule has 0 aromatic heterocycles. The lowest BCUT2D eigenvalue weighted by atomic mass is 9.87. The third kappa shape index (κ3) is 1.45. The molecule has 1 saturated heterocycles. The van der Waals surface area contributed by atoms with E-state index in [0.717, 1.165) is 0 Å². The molecule has 3 heteroatoms. The fraction of sp³-hybridized carbons (Fsp3) is 0.400. The number of β-amino-alcohol motifs (C(OH)–C–C–N with tert-alkyl or cyclic N) is 1. The topological polar surface area (TPSA) is 23.5 Å². The van der Waals surface area contributed by atoms with Gasteiger partial charge in [0.2, 0.25) is 0 Å². The van der Waals surface area contributed by atoms with Crippen LogP contribution in [0.3, 0.4) is 0 Å². The van der Waals surface area contributed by atoms with E-state index >= 15 is 0 Å². The number of hydrogen-bond donors (Lipinski definition) is 1. The van der Waals surface area contributed by atoms with Crippen molar-refractivity contribution in [2.24, 2.45) is 0 Å². The van der Waals surface area contributed by atoms with Crippen LogP contribution in [0.4, 0.5) is 4.39 Å². The van der Waals surface area contributed by atoms with Gasteiger partial charge in [-0.1, -0.05) is 12.1 Å². The van der Waals surface area contributed by atoms with Crippen molar-refractivity contribution in [3.63, 3.8) is 0 Å². The van der Waals surface area contributed by atoms with Gasteiger partial charge in [-0.2, -0.15) is 0 Å². The zero-order valence-electron chi connectivity index (χ0n) is 7.50. The molecule has 1 aromatic carbocycles. The number of halogens is 1. The Kier molecular flexibility index (Phi) is 1.86. The largest absolute Gasteiger partial charge is 0.382 e. The fourth-order valence-electron chi connectivity index (χ4n) is 1.81. The lowest BCUT2D eigenvalue weighted by Gasteiger charge is -2.44. The summed E-state index contributed by atoms with van der Waals surface area (Å²) in [5, 5.41) is 9.97. The highest BCUT2D eigenvalue weighted by atomic mass is 19.1. The fourth-order valence-corrected chi connectivity index (χ4v) is 1.81. The Balaban J connectivity index is 2.26. The second-order valence-corrected chi connectivity index (χ2v) is 3.71.